The molecule has 0 fully saturated rings. The summed E-state index contributed by atoms with van der Waals surface area (Å²) in [5.74, 6) is 1.74. The molecule has 4 rings (SSSR count). The number of benzene rings is 1. The quantitative estimate of drug-likeness (QED) is 0.374. The average molecular weight is 470 g/mol. The van der Waals surface area contributed by atoms with E-state index >= 15 is 0 Å². The SMILES string of the molecule is CC(C)[Si](Oc1ccc2c(c1)OC(C)(C)C1=CCc3c(c(O)n(C)c3O)[C@H]12)(C(C)C)C(C)C. The molecule has 2 N–H and O–H groups in total. The van der Waals surface area contributed by atoms with Crippen LogP contribution in [0.3, 0.4) is 0 Å². The van der Waals surface area contributed by atoms with Gasteiger partial charge in [0.05, 0.1) is 0 Å². The van der Waals surface area contributed by atoms with Gasteiger partial charge in [0.25, 0.3) is 8.32 Å². The predicted octanol–water partition coefficient (Wildman–Crippen LogP) is 6.78. The number of nitrogens with zero attached hydrogens (tertiary/aromatic N) is 1. The van der Waals surface area contributed by atoms with Gasteiger partial charge in [-0.25, -0.2) is 0 Å². The minimum Gasteiger partial charge on any atom is -0.543 e. The van der Waals surface area contributed by atoms with E-state index in [-0.39, 0.29) is 17.7 Å². The Labute approximate surface area is 199 Å². The Morgan fingerprint density at radius 1 is 1.03 bits per heavy atom. The summed E-state index contributed by atoms with van der Waals surface area (Å²) in [7, 11) is -0.405. The molecule has 0 amide bonds. The van der Waals surface area contributed by atoms with Crippen LogP contribution in [0.1, 0.15) is 78.0 Å². The standard InChI is InChI=1S/C27H39NO4Si/c1-15(2)33(16(3)4,17(5)6)32-18-10-11-19-22(14-18)31-27(7,8)21-13-12-20-24(23(19)21)26(30)28(9)25(20)29/h10-11,13-17,23,29-30H,12H2,1-9H3/t23-/m0/s1. The summed E-state index contributed by atoms with van der Waals surface area (Å²) in [6.07, 6.45) is 2.73. The lowest BCUT2D eigenvalue weighted by Crippen LogP contribution is -2.50. The molecule has 0 saturated carbocycles. The van der Waals surface area contributed by atoms with E-state index in [2.05, 4.69) is 73.6 Å². The fourth-order valence-corrected chi connectivity index (χ4v) is 11.7. The van der Waals surface area contributed by atoms with Gasteiger partial charge >= 0.3 is 0 Å². The minimum atomic E-state index is -2.10. The second-order valence-electron chi connectivity index (χ2n) is 11.1. The Hall–Kier alpha value is -2.34. The lowest BCUT2D eigenvalue weighted by Gasteiger charge is -2.44. The van der Waals surface area contributed by atoms with Gasteiger partial charge in [-0.15, -0.1) is 0 Å². The first-order valence-corrected chi connectivity index (χ1v) is 14.3. The molecular formula is C27H39NO4Si. The number of hydrogen-bond donors (Lipinski definition) is 2. The number of allylic oxidation sites excluding steroid dienone is 1. The maximum absolute atomic E-state index is 10.9. The van der Waals surface area contributed by atoms with Gasteiger partial charge in [0, 0.05) is 35.7 Å². The summed E-state index contributed by atoms with van der Waals surface area (Å²) in [5, 5.41) is 21.5. The summed E-state index contributed by atoms with van der Waals surface area (Å²) in [6.45, 7) is 17.9. The highest BCUT2D eigenvalue weighted by atomic mass is 28.4. The van der Waals surface area contributed by atoms with Crippen LogP contribution in [0.2, 0.25) is 16.6 Å². The average Bonchev–Trinajstić information content (AvgIpc) is 2.94. The van der Waals surface area contributed by atoms with Crippen LogP contribution in [0, 0.1) is 0 Å². The summed E-state index contributed by atoms with van der Waals surface area (Å²) < 4.78 is 14.9. The lowest BCUT2D eigenvalue weighted by atomic mass is 9.71. The van der Waals surface area contributed by atoms with Crippen molar-refractivity contribution in [3.63, 3.8) is 0 Å². The Balaban J connectivity index is 1.84. The number of fused-ring (bicyclic) bond motifs is 5. The normalized spacial score (nSPS) is 19.2. The first kappa shape index (κ1) is 23.8. The highest BCUT2D eigenvalue weighted by Gasteiger charge is 2.48. The zero-order valence-corrected chi connectivity index (χ0v) is 22.5. The first-order chi connectivity index (χ1) is 15.3. The summed E-state index contributed by atoms with van der Waals surface area (Å²) in [6, 6.07) is 6.18. The Kier molecular flexibility index (Phi) is 5.67. The van der Waals surface area contributed by atoms with Crippen molar-refractivity contribution in [2.45, 2.75) is 90.0 Å². The fraction of sp³-hybridized carbons (Fsp3) is 0.556. The first-order valence-electron chi connectivity index (χ1n) is 12.1. The van der Waals surface area contributed by atoms with Gasteiger partial charge in [0.2, 0.25) is 0 Å². The van der Waals surface area contributed by atoms with Crippen molar-refractivity contribution in [3.05, 3.63) is 46.5 Å². The molecule has 0 bridgehead atoms. The molecule has 2 heterocycles. The molecule has 1 aromatic heterocycles. The molecule has 33 heavy (non-hydrogen) atoms. The number of aromatic hydroxyl groups is 2. The summed E-state index contributed by atoms with van der Waals surface area (Å²) >= 11 is 0. The van der Waals surface area contributed by atoms with E-state index in [0.29, 0.717) is 23.0 Å². The molecule has 0 saturated heterocycles. The number of rotatable bonds is 5. The van der Waals surface area contributed by atoms with E-state index in [1.54, 1.807) is 7.05 Å². The van der Waals surface area contributed by atoms with Crippen molar-refractivity contribution in [2.75, 3.05) is 0 Å². The Morgan fingerprint density at radius 3 is 2.21 bits per heavy atom. The van der Waals surface area contributed by atoms with Crippen LogP contribution in [0.15, 0.2) is 29.8 Å². The minimum absolute atomic E-state index is 0.118. The van der Waals surface area contributed by atoms with Gasteiger partial charge in [-0.3, -0.25) is 4.57 Å². The molecule has 1 aromatic carbocycles. The highest BCUT2D eigenvalue weighted by molar-refractivity contribution is 6.78. The molecule has 2 aromatic rings. The molecule has 1 aliphatic heterocycles. The van der Waals surface area contributed by atoms with E-state index in [4.69, 9.17) is 9.16 Å². The topological polar surface area (TPSA) is 63.8 Å². The van der Waals surface area contributed by atoms with Crippen LogP contribution < -0.4 is 9.16 Å². The third kappa shape index (κ3) is 3.40. The zero-order chi connectivity index (χ0) is 24.5. The number of ether oxygens (including phenoxy) is 1. The molecule has 0 radical (unpaired) electrons. The Bertz CT molecular complexity index is 1090. The molecule has 6 heteroatoms. The van der Waals surface area contributed by atoms with E-state index < -0.39 is 13.9 Å². The van der Waals surface area contributed by atoms with Crippen molar-refractivity contribution < 1.29 is 19.4 Å². The van der Waals surface area contributed by atoms with Crippen LogP contribution in [-0.2, 0) is 13.5 Å². The summed E-state index contributed by atoms with van der Waals surface area (Å²) in [4.78, 5) is 0. The number of hydrogen-bond acceptors (Lipinski definition) is 4. The van der Waals surface area contributed by atoms with E-state index in [0.717, 1.165) is 33.8 Å². The van der Waals surface area contributed by atoms with Crippen molar-refractivity contribution in [3.8, 4) is 23.3 Å². The van der Waals surface area contributed by atoms with Crippen LogP contribution in [0.4, 0.5) is 0 Å². The van der Waals surface area contributed by atoms with Gasteiger partial charge in [-0.2, -0.15) is 0 Å². The molecule has 0 spiro atoms. The van der Waals surface area contributed by atoms with Crippen molar-refractivity contribution in [1.82, 2.24) is 4.57 Å². The second kappa shape index (κ2) is 7.86. The van der Waals surface area contributed by atoms with Crippen molar-refractivity contribution in [1.29, 1.82) is 0 Å². The predicted molar refractivity (Wildman–Crippen MR) is 135 cm³/mol. The van der Waals surface area contributed by atoms with Gasteiger partial charge < -0.3 is 19.4 Å². The lowest BCUT2D eigenvalue weighted by molar-refractivity contribution is 0.127. The molecule has 1 atom stereocenters. The van der Waals surface area contributed by atoms with Crippen LogP contribution in [0.25, 0.3) is 0 Å². The maximum atomic E-state index is 10.9. The largest absolute Gasteiger partial charge is 0.543 e. The van der Waals surface area contributed by atoms with Gasteiger partial charge in [-0.1, -0.05) is 53.7 Å². The van der Waals surface area contributed by atoms with Crippen molar-refractivity contribution >= 4 is 8.32 Å². The fourth-order valence-electron chi connectivity index (χ4n) is 6.44. The zero-order valence-electron chi connectivity index (χ0n) is 21.5. The van der Waals surface area contributed by atoms with Gasteiger partial charge in [0.1, 0.15) is 17.1 Å². The maximum Gasteiger partial charge on any atom is 0.258 e. The summed E-state index contributed by atoms with van der Waals surface area (Å²) in [5.41, 5.74) is 4.59. The van der Waals surface area contributed by atoms with Crippen LogP contribution >= 0.6 is 0 Å². The monoisotopic (exact) mass is 469 g/mol. The molecule has 2 aliphatic rings. The Morgan fingerprint density at radius 2 is 1.64 bits per heavy atom. The van der Waals surface area contributed by atoms with Crippen LogP contribution in [-0.4, -0.2) is 28.7 Å². The smallest absolute Gasteiger partial charge is 0.258 e. The second-order valence-corrected chi connectivity index (χ2v) is 16.5. The van der Waals surface area contributed by atoms with E-state index in [1.165, 1.54) is 4.57 Å². The van der Waals surface area contributed by atoms with Crippen LogP contribution in [0.5, 0.6) is 23.3 Å². The molecule has 180 valence electrons. The molecule has 1 aliphatic carbocycles. The molecule has 5 nitrogen and oxygen atoms in total. The third-order valence-corrected chi connectivity index (χ3v) is 14.0. The van der Waals surface area contributed by atoms with E-state index in [1.807, 2.05) is 6.07 Å². The molecular weight excluding hydrogens is 430 g/mol. The third-order valence-electron chi connectivity index (χ3n) is 7.96. The van der Waals surface area contributed by atoms with Crippen molar-refractivity contribution in [2.24, 2.45) is 7.05 Å². The molecule has 0 unspecified atom stereocenters. The number of aromatic nitrogens is 1. The van der Waals surface area contributed by atoms with Gasteiger partial charge in [-0.05, 0) is 48.5 Å². The van der Waals surface area contributed by atoms with Gasteiger partial charge in [0.15, 0.2) is 11.8 Å². The van der Waals surface area contributed by atoms with E-state index in [9.17, 15) is 10.2 Å². The highest BCUT2D eigenvalue weighted by Crippen LogP contribution is 2.55.